The summed E-state index contributed by atoms with van der Waals surface area (Å²) in [6.07, 6.45) is 1.04. The fourth-order valence-corrected chi connectivity index (χ4v) is 1.75. The van der Waals surface area contributed by atoms with E-state index in [9.17, 15) is 13.9 Å². The Kier molecular flexibility index (Phi) is 2.19. The highest BCUT2D eigenvalue weighted by Crippen LogP contribution is 2.43. The number of halogens is 2. The second-order valence-electron chi connectivity index (χ2n) is 3.51. The molecule has 0 amide bonds. The molecule has 0 bridgehead atoms. The summed E-state index contributed by atoms with van der Waals surface area (Å²) in [4.78, 5) is 0. The lowest BCUT2D eigenvalue weighted by molar-refractivity contribution is -0.0361. The molecule has 0 heterocycles. The van der Waals surface area contributed by atoms with E-state index < -0.39 is 11.5 Å². The second-order valence-corrected chi connectivity index (χ2v) is 3.51. The Balaban J connectivity index is 2.51. The van der Waals surface area contributed by atoms with Gasteiger partial charge in [-0.1, -0.05) is 13.3 Å². The van der Waals surface area contributed by atoms with Crippen molar-refractivity contribution in [3.8, 4) is 0 Å². The minimum Gasteiger partial charge on any atom is -0.390 e. The van der Waals surface area contributed by atoms with Gasteiger partial charge in [-0.2, -0.15) is 0 Å². The highest BCUT2D eigenvalue weighted by Gasteiger charge is 2.47. The number of alkyl halides is 2. The normalized spacial score (nSPS) is 36.0. The highest BCUT2D eigenvalue weighted by atomic mass is 19.3. The van der Waals surface area contributed by atoms with Crippen molar-refractivity contribution in [3.05, 3.63) is 0 Å². The van der Waals surface area contributed by atoms with E-state index in [1.807, 2.05) is 6.92 Å². The summed E-state index contributed by atoms with van der Waals surface area (Å²) in [6.45, 7) is 1.90. The molecule has 0 radical (unpaired) electrons. The largest absolute Gasteiger partial charge is 0.390 e. The van der Waals surface area contributed by atoms with Gasteiger partial charge in [-0.05, 0) is 12.8 Å². The number of rotatable bonds is 2. The minimum atomic E-state index is -2.62. The van der Waals surface area contributed by atoms with Crippen molar-refractivity contribution < 1.29 is 13.9 Å². The molecule has 0 aromatic heterocycles. The first-order valence-electron chi connectivity index (χ1n) is 4.08. The van der Waals surface area contributed by atoms with E-state index in [-0.39, 0.29) is 19.3 Å². The molecule has 1 unspecified atom stereocenters. The molecule has 0 aromatic carbocycles. The maximum absolute atomic E-state index is 12.6. The van der Waals surface area contributed by atoms with Gasteiger partial charge in [0.1, 0.15) is 0 Å². The van der Waals surface area contributed by atoms with Crippen LogP contribution < -0.4 is 0 Å². The molecular weight excluding hydrogens is 150 g/mol. The van der Waals surface area contributed by atoms with E-state index in [0.29, 0.717) is 6.42 Å². The van der Waals surface area contributed by atoms with E-state index in [0.717, 1.165) is 6.42 Å². The summed E-state index contributed by atoms with van der Waals surface area (Å²) in [7, 11) is 0. The predicted molar refractivity (Wildman–Crippen MR) is 38.7 cm³/mol. The lowest BCUT2D eigenvalue weighted by Gasteiger charge is -2.21. The molecular formula is C8H14F2O. The lowest BCUT2D eigenvalue weighted by Crippen LogP contribution is -2.26. The molecule has 1 atom stereocenters. The third-order valence-electron chi connectivity index (χ3n) is 2.26. The third-order valence-corrected chi connectivity index (χ3v) is 2.26. The number of hydrogen-bond acceptors (Lipinski definition) is 1. The average Bonchev–Trinajstić information content (AvgIpc) is 2.07. The minimum absolute atomic E-state index is 0.149. The van der Waals surface area contributed by atoms with Crippen molar-refractivity contribution in [2.24, 2.45) is 0 Å². The summed E-state index contributed by atoms with van der Waals surface area (Å²) >= 11 is 0. The van der Waals surface area contributed by atoms with E-state index in [4.69, 9.17) is 0 Å². The first-order valence-corrected chi connectivity index (χ1v) is 4.08. The van der Waals surface area contributed by atoms with Crippen molar-refractivity contribution >= 4 is 0 Å². The SMILES string of the molecule is CCCC1(O)CCC(F)(F)C1. The molecule has 1 nitrogen and oxygen atoms in total. The van der Waals surface area contributed by atoms with E-state index in [1.165, 1.54) is 0 Å². The van der Waals surface area contributed by atoms with Gasteiger partial charge in [-0.25, -0.2) is 8.78 Å². The van der Waals surface area contributed by atoms with Gasteiger partial charge in [0.25, 0.3) is 5.92 Å². The van der Waals surface area contributed by atoms with Gasteiger partial charge in [0.05, 0.1) is 5.60 Å². The maximum atomic E-state index is 12.6. The Morgan fingerprint density at radius 2 is 2.00 bits per heavy atom. The van der Waals surface area contributed by atoms with Gasteiger partial charge in [-0.3, -0.25) is 0 Å². The summed E-state index contributed by atoms with van der Waals surface area (Å²) in [6, 6.07) is 0. The molecule has 0 aromatic rings. The fourth-order valence-electron chi connectivity index (χ4n) is 1.75. The van der Waals surface area contributed by atoms with Gasteiger partial charge < -0.3 is 5.11 Å². The molecule has 0 saturated heterocycles. The van der Waals surface area contributed by atoms with Crippen molar-refractivity contribution in [1.82, 2.24) is 0 Å². The van der Waals surface area contributed by atoms with Crippen LogP contribution in [0, 0.1) is 0 Å². The Morgan fingerprint density at radius 3 is 2.36 bits per heavy atom. The van der Waals surface area contributed by atoms with Crippen LogP contribution in [-0.2, 0) is 0 Å². The second kappa shape index (κ2) is 2.70. The molecule has 1 aliphatic carbocycles. The van der Waals surface area contributed by atoms with Gasteiger partial charge in [-0.15, -0.1) is 0 Å². The molecule has 1 saturated carbocycles. The van der Waals surface area contributed by atoms with Crippen LogP contribution >= 0.6 is 0 Å². The smallest absolute Gasteiger partial charge is 0.251 e. The predicted octanol–water partition coefficient (Wildman–Crippen LogP) is 2.34. The monoisotopic (exact) mass is 164 g/mol. The van der Waals surface area contributed by atoms with Crippen LogP contribution in [0.2, 0.25) is 0 Å². The van der Waals surface area contributed by atoms with E-state index in [2.05, 4.69) is 0 Å². The first kappa shape index (κ1) is 8.91. The molecule has 3 heteroatoms. The average molecular weight is 164 g/mol. The third kappa shape index (κ3) is 2.12. The molecule has 1 rings (SSSR count). The molecule has 66 valence electrons. The fraction of sp³-hybridized carbons (Fsp3) is 1.00. The summed E-state index contributed by atoms with van der Waals surface area (Å²) in [5.41, 5.74) is -1.07. The van der Waals surface area contributed by atoms with Crippen molar-refractivity contribution in [3.63, 3.8) is 0 Å². The van der Waals surface area contributed by atoms with Crippen molar-refractivity contribution in [2.75, 3.05) is 0 Å². The molecule has 0 spiro atoms. The van der Waals surface area contributed by atoms with Gasteiger partial charge in [0, 0.05) is 12.8 Å². The topological polar surface area (TPSA) is 20.2 Å². The molecule has 0 aliphatic heterocycles. The number of hydrogen-bond donors (Lipinski definition) is 1. The van der Waals surface area contributed by atoms with Crippen LogP contribution in [0.25, 0.3) is 0 Å². The van der Waals surface area contributed by atoms with E-state index in [1.54, 1.807) is 0 Å². The van der Waals surface area contributed by atoms with Gasteiger partial charge >= 0.3 is 0 Å². The molecule has 1 fully saturated rings. The highest BCUT2D eigenvalue weighted by molar-refractivity contribution is 4.93. The maximum Gasteiger partial charge on any atom is 0.251 e. The van der Waals surface area contributed by atoms with Crippen molar-refractivity contribution in [2.45, 2.75) is 50.6 Å². The van der Waals surface area contributed by atoms with Crippen LogP contribution in [0.15, 0.2) is 0 Å². The van der Waals surface area contributed by atoms with Crippen LogP contribution in [0.1, 0.15) is 39.0 Å². The Hall–Kier alpha value is -0.180. The lowest BCUT2D eigenvalue weighted by atomic mass is 9.96. The van der Waals surface area contributed by atoms with Crippen LogP contribution in [-0.4, -0.2) is 16.6 Å². The Bertz CT molecular complexity index is 147. The Labute approximate surface area is 65.4 Å². The Morgan fingerprint density at radius 1 is 1.36 bits per heavy atom. The standard InChI is InChI=1S/C8H14F2O/c1-2-3-7(11)4-5-8(9,10)6-7/h11H,2-6H2,1H3. The van der Waals surface area contributed by atoms with Crippen LogP contribution in [0.4, 0.5) is 8.78 Å². The number of aliphatic hydroxyl groups is 1. The quantitative estimate of drug-likeness (QED) is 0.664. The first-order chi connectivity index (χ1) is 4.97. The zero-order chi connectivity index (χ0) is 8.54. The zero-order valence-electron chi connectivity index (χ0n) is 6.74. The van der Waals surface area contributed by atoms with Crippen LogP contribution in [0.5, 0.6) is 0 Å². The van der Waals surface area contributed by atoms with E-state index >= 15 is 0 Å². The zero-order valence-corrected chi connectivity index (χ0v) is 6.74. The van der Waals surface area contributed by atoms with Gasteiger partial charge in [0.2, 0.25) is 0 Å². The summed E-state index contributed by atoms with van der Waals surface area (Å²) in [5, 5.41) is 9.55. The molecule has 11 heavy (non-hydrogen) atoms. The summed E-state index contributed by atoms with van der Waals surface area (Å²) in [5.74, 6) is -2.62. The van der Waals surface area contributed by atoms with Crippen LogP contribution in [0.3, 0.4) is 0 Å². The molecule has 1 aliphatic rings. The summed E-state index contributed by atoms with van der Waals surface area (Å²) < 4.78 is 25.2. The molecule has 1 N–H and O–H groups in total. The van der Waals surface area contributed by atoms with Gasteiger partial charge in [0.15, 0.2) is 0 Å². The van der Waals surface area contributed by atoms with Crippen molar-refractivity contribution in [1.29, 1.82) is 0 Å².